The summed E-state index contributed by atoms with van der Waals surface area (Å²) in [7, 11) is 0. The standard InChI is InChI=1S/C25H37Cl/c1-2-3-4-5-20-6-8-21(9-7-20)10-11-22-12-14-23(15-13-22)24-16-18-25(26)19-17-24/h4-5,16-23H,2-3,6-15H2,1H3/b5-4+. The van der Waals surface area contributed by atoms with E-state index in [9.17, 15) is 0 Å². The summed E-state index contributed by atoms with van der Waals surface area (Å²) in [6, 6.07) is 8.58. The molecule has 144 valence electrons. The maximum Gasteiger partial charge on any atom is 0.0406 e. The molecule has 1 aromatic rings. The van der Waals surface area contributed by atoms with Crippen LogP contribution in [-0.2, 0) is 0 Å². The van der Waals surface area contributed by atoms with Crippen LogP contribution in [-0.4, -0.2) is 0 Å². The van der Waals surface area contributed by atoms with E-state index in [4.69, 9.17) is 11.6 Å². The molecule has 2 aliphatic carbocycles. The quantitative estimate of drug-likeness (QED) is 0.420. The van der Waals surface area contributed by atoms with E-state index in [-0.39, 0.29) is 0 Å². The van der Waals surface area contributed by atoms with Gasteiger partial charge in [-0.25, -0.2) is 0 Å². The summed E-state index contributed by atoms with van der Waals surface area (Å²) in [5.41, 5.74) is 1.50. The minimum absolute atomic E-state index is 0.772. The maximum atomic E-state index is 6.03. The summed E-state index contributed by atoms with van der Waals surface area (Å²) in [5, 5.41) is 0.859. The van der Waals surface area contributed by atoms with Crippen molar-refractivity contribution in [3.05, 3.63) is 47.0 Å². The summed E-state index contributed by atoms with van der Waals surface area (Å²) in [6.45, 7) is 2.27. The van der Waals surface area contributed by atoms with Gasteiger partial charge in [0.25, 0.3) is 0 Å². The third kappa shape index (κ3) is 6.15. The maximum absolute atomic E-state index is 6.03. The van der Waals surface area contributed by atoms with Crippen molar-refractivity contribution in [1.82, 2.24) is 0 Å². The fourth-order valence-electron chi connectivity index (χ4n) is 5.12. The van der Waals surface area contributed by atoms with Crippen LogP contribution in [0.15, 0.2) is 36.4 Å². The molecule has 0 amide bonds. The number of hydrogen-bond acceptors (Lipinski definition) is 0. The Morgan fingerprint density at radius 1 is 0.846 bits per heavy atom. The van der Waals surface area contributed by atoms with Crippen molar-refractivity contribution in [2.75, 3.05) is 0 Å². The second-order valence-corrected chi connectivity index (χ2v) is 9.28. The van der Waals surface area contributed by atoms with Crippen LogP contribution in [0.4, 0.5) is 0 Å². The second-order valence-electron chi connectivity index (χ2n) is 8.84. The average Bonchev–Trinajstić information content (AvgIpc) is 2.69. The van der Waals surface area contributed by atoms with Gasteiger partial charge in [-0.1, -0.05) is 62.1 Å². The van der Waals surface area contributed by atoms with E-state index in [0.717, 1.165) is 28.7 Å². The Morgan fingerprint density at radius 2 is 1.42 bits per heavy atom. The van der Waals surface area contributed by atoms with Gasteiger partial charge in [0.15, 0.2) is 0 Å². The molecule has 0 radical (unpaired) electrons. The molecule has 0 heterocycles. The normalized spacial score (nSPS) is 29.9. The SMILES string of the molecule is CCC/C=C/C1CCC(CCC2CCC(c3ccc(Cl)cc3)CC2)CC1. The zero-order chi connectivity index (χ0) is 18.2. The van der Waals surface area contributed by atoms with Gasteiger partial charge in [-0.3, -0.25) is 0 Å². The highest BCUT2D eigenvalue weighted by Crippen LogP contribution is 2.40. The summed E-state index contributed by atoms with van der Waals surface area (Å²) in [4.78, 5) is 0. The fraction of sp³-hybridized carbons (Fsp3) is 0.680. The van der Waals surface area contributed by atoms with Crippen molar-refractivity contribution >= 4 is 11.6 Å². The van der Waals surface area contributed by atoms with Gasteiger partial charge in [-0.15, -0.1) is 0 Å². The van der Waals surface area contributed by atoms with Crippen molar-refractivity contribution in [3.63, 3.8) is 0 Å². The Bertz CT molecular complexity index is 528. The van der Waals surface area contributed by atoms with Crippen LogP contribution in [0.25, 0.3) is 0 Å². The first-order valence-corrected chi connectivity index (χ1v) is 11.5. The van der Waals surface area contributed by atoms with Crippen LogP contribution in [0.3, 0.4) is 0 Å². The predicted molar refractivity (Wildman–Crippen MR) is 115 cm³/mol. The average molecular weight is 373 g/mol. The van der Waals surface area contributed by atoms with Crippen molar-refractivity contribution in [3.8, 4) is 0 Å². The van der Waals surface area contributed by atoms with Gasteiger partial charge in [-0.2, -0.15) is 0 Å². The van der Waals surface area contributed by atoms with Gasteiger partial charge >= 0.3 is 0 Å². The molecule has 0 aromatic heterocycles. The lowest BCUT2D eigenvalue weighted by atomic mass is 9.74. The lowest BCUT2D eigenvalue weighted by Crippen LogP contribution is -2.17. The van der Waals surface area contributed by atoms with Gasteiger partial charge in [0, 0.05) is 5.02 Å². The van der Waals surface area contributed by atoms with Gasteiger partial charge in [0.1, 0.15) is 0 Å². The van der Waals surface area contributed by atoms with Gasteiger partial charge in [0.05, 0.1) is 0 Å². The first kappa shape index (κ1) is 20.0. The fourth-order valence-corrected chi connectivity index (χ4v) is 5.24. The molecule has 1 heteroatoms. The Kier molecular flexibility index (Phi) is 8.11. The molecular weight excluding hydrogens is 336 g/mol. The molecule has 2 fully saturated rings. The largest absolute Gasteiger partial charge is 0.0883 e. The zero-order valence-electron chi connectivity index (χ0n) is 16.6. The van der Waals surface area contributed by atoms with Crippen molar-refractivity contribution in [2.45, 2.75) is 89.9 Å². The Labute approximate surface area is 166 Å². The van der Waals surface area contributed by atoms with Crippen LogP contribution in [0, 0.1) is 17.8 Å². The molecular formula is C25H37Cl. The smallest absolute Gasteiger partial charge is 0.0406 e. The van der Waals surface area contributed by atoms with E-state index < -0.39 is 0 Å². The van der Waals surface area contributed by atoms with E-state index >= 15 is 0 Å². The second kappa shape index (κ2) is 10.5. The van der Waals surface area contributed by atoms with E-state index in [1.54, 1.807) is 0 Å². The van der Waals surface area contributed by atoms with E-state index in [0.29, 0.717) is 0 Å². The van der Waals surface area contributed by atoms with E-state index in [1.165, 1.54) is 82.6 Å². The first-order valence-electron chi connectivity index (χ1n) is 11.2. The minimum atomic E-state index is 0.772. The molecule has 0 bridgehead atoms. The van der Waals surface area contributed by atoms with Crippen LogP contribution < -0.4 is 0 Å². The Morgan fingerprint density at radius 3 is 2.00 bits per heavy atom. The molecule has 0 spiro atoms. The van der Waals surface area contributed by atoms with Crippen molar-refractivity contribution in [2.24, 2.45) is 17.8 Å². The van der Waals surface area contributed by atoms with E-state index in [2.05, 4.69) is 43.3 Å². The predicted octanol–water partition coefficient (Wildman–Crippen LogP) is 8.56. The van der Waals surface area contributed by atoms with Crippen LogP contribution >= 0.6 is 11.6 Å². The molecule has 0 atom stereocenters. The number of rotatable bonds is 7. The Balaban J connectivity index is 1.32. The molecule has 0 saturated heterocycles. The van der Waals surface area contributed by atoms with Gasteiger partial charge < -0.3 is 0 Å². The highest BCUT2D eigenvalue weighted by Gasteiger charge is 2.24. The molecule has 0 nitrogen and oxygen atoms in total. The lowest BCUT2D eigenvalue weighted by Gasteiger charge is -2.31. The van der Waals surface area contributed by atoms with Gasteiger partial charge in [0.2, 0.25) is 0 Å². The molecule has 1 aromatic carbocycles. The molecule has 2 aliphatic rings. The van der Waals surface area contributed by atoms with Crippen LogP contribution in [0.5, 0.6) is 0 Å². The molecule has 0 aliphatic heterocycles. The number of allylic oxidation sites excluding steroid dienone is 2. The highest BCUT2D eigenvalue weighted by molar-refractivity contribution is 6.30. The minimum Gasteiger partial charge on any atom is -0.0883 e. The summed E-state index contributed by atoms with van der Waals surface area (Å²) >= 11 is 6.03. The topological polar surface area (TPSA) is 0 Å². The summed E-state index contributed by atoms with van der Waals surface area (Å²) < 4.78 is 0. The number of unbranched alkanes of at least 4 members (excludes halogenated alkanes) is 1. The van der Waals surface area contributed by atoms with E-state index in [1.807, 2.05) is 0 Å². The Hall–Kier alpha value is -0.750. The van der Waals surface area contributed by atoms with Gasteiger partial charge in [-0.05, 0) is 99.2 Å². The first-order chi connectivity index (χ1) is 12.7. The number of hydrogen-bond donors (Lipinski definition) is 0. The molecule has 0 unspecified atom stereocenters. The summed E-state index contributed by atoms with van der Waals surface area (Å²) in [5.74, 6) is 3.65. The molecule has 2 saturated carbocycles. The summed E-state index contributed by atoms with van der Waals surface area (Å²) in [6.07, 6.45) is 21.9. The number of benzene rings is 1. The third-order valence-corrected chi connectivity index (χ3v) is 7.18. The third-order valence-electron chi connectivity index (χ3n) is 6.93. The zero-order valence-corrected chi connectivity index (χ0v) is 17.4. The van der Waals surface area contributed by atoms with Crippen molar-refractivity contribution in [1.29, 1.82) is 0 Å². The molecule has 0 N–H and O–H groups in total. The number of halogens is 1. The van der Waals surface area contributed by atoms with Crippen molar-refractivity contribution < 1.29 is 0 Å². The van der Waals surface area contributed by atoms with Crippen LogP contribution in [0.2, 0.25) is 5.02 Å². The molecule has 26 heavy (non-hydrogen) atoms. The molecule has 3 rings (SSSR count). The lowest BCUT2D eigenvalue weighted by molar-refractivity contribution is 0.246. The van der Waals surface area contributed by atoms with Crippen LogP contribution in [0.1, 0.15) is 95.5 Å². The highest BCUT2D eigenvalue weighted by atomic mass is 35.5. The monoisotopic (exact) mass is 372 g/mol.